The Bertz CT molecular complexity index is 958. The number of aromatic hydroxyl groups is 1. The molecule has 4 heteroatoms. The third kappa shape index (κ3) is 5.24. The van der Waals surface area contributed by atoms with Gasteiger partial charge in [0.15, 0.2) is 6.61 Å². The number of carbonyl (C=O) groups is 1. The summed E-state index contributed by atoms with van der Waals surface area (Å²) in [7, 11) is 0. The molecule has 4 nitrogen and oxygen atoms in total. The minimum absolute atomic E-state index is 0.257. The van der Waals surface area contributed by atoms with Crippen molar-refractivity contribution in [1.82, 2.24) is 0 Å². The predicted molar refractivity (Wildman–Crippen MR) is 110 cm³/mol. The number of hydrogen-bond acceptors (Lipinski definition) is 3. The molecule has 0 aliphatic carbocycles. The van der Waals surface area contributed by atoms with E-state index in [1.54, 1.807) is 18.2 Å². The van der Waals surface area contributed by atoms with E-state index in [2.05, 4.69) is 18.2 Å². The van der Waals surface area contributed by atoms with Crippen LogP contribution >= 0.6 is 0 Å². The number of phenols is 1. The van der Waals surface area contributed by atoms with E-state index in [-0.39, 0.29) is 12.4 Å². The fourth-order valence-corrected chi connectivity index (χ4v) is 3.00. The minimum atomic E-state index is -0.996. The fraction of sp³-hybridized carbons (Fsp3) is 0.125. The molecule has 0 saturated heterocycles. The number of aliphatic carboxylic acids is 1. The van der Waals surface area contributed by atoms with Crippen molar-refractivity contribution in [3.05, 3.63) is 90.0 Å². The summed E-state index contributed by atoms with van der Waals surface area (Å²) in [5.74, 6) is -0.178. The first kappa shape index (κ1) is 19.2. The number of rotatable bonds is 8. The molecule has 0 fully saturated rings. The molecule has 3 rings (SSSR count). The Balaban J connectivity index is 1.68. The first-order valence-corrected chi connectivity index (χ1v) is 9.11. The van der Waals surface area contributed by atoms with Crippen molar-refractivity contribution in [2.75, 3.05) is 6.61 Å². The van der Waals surface area contributed by atoms with Gasteiger partial charge in [-0.1, -0.05) is 66.7 Å². The Hall–Kier alpha value is -3.53. The lowest BCUT2D eigenvalue weighted by Crippen LogP contribution is -2.09. The average Bonchev–Trinajstić information content (AvgIpc) is 2.71. The number of hydrogen-bond donors (Lipinski definition) is 2. The molecule has 2 N–H and O–H groups in total. The number of carboxylic acid groups (broad SMARTS) is 1. The maximum absolute atomic E-state index is 10.7. The molecule has 0 amide bonds. The van der Waals surface area contributed by atoms with E-state index in [1.165, 1.54) is 5.56 Å². The van der Waals surface area contributed by atoms with Crippen LogP contribution in [0.3, 0.4) is 0 Å². The second-order valence-corrected chi connectivity index (χ2v) is 6.37. The highest BCUT2D eigenvalue weighted by Gasteiger charge is 2.05. The van der Waals surface area contributed by atoms with E-state index in [1.807, 2.05) is 48.5 Å². The van der Waals surface area contributed by atoms with Crippen LogP contribution in [0.1, 0.15) is 17.5 Å². The number of benzene rings is 3. The number of phenolic OH excluding ortho intramolecular Hbond substituents is 1. The van der Waals surface area contributed by atoms with Crippen molar-refractivity contribution in [3.8, 4) is 22.6 Å². The summed E-state index contributed by atoms with van der Waals surface area (Å²) in [6, 6.07) is 22.8. The molecule has 142 valence electrons. The summed E-state index contributed by atoms with van der Waals surface area (Å²) < 4.78 is 5.33. The monoisotopic (exact) mass is 374 g/mol. The van der Waals surface area contributed by atoms with Gasteiger partial charge in [-0.15, -0.1) is 0 Å². The van der Waals surface area contributed by atoms with Crippen LogP contribution in [0.25, 0.3) is 17.2 Å². The van der Waals surface area contributed by atoms with Gasteiger partial charge in [-0.25, -0.2) is 4.79 Å². The van der Waals surface area contributed by atoms with E-state index in [0.717, 1.165) is 29.5 Å². The lowest BCUT2D eigenvalue weighted by molar-refractivity contribution is -0.139. The Morgan fingerprint density at radius 2 is 1.64 bits per heavy atom. The summed E-state index contributed by atoms with van der Waals surface area (Å²) in [4.78, 5) is 10.7. The smallest absolute Gasteiger partial charge is 0.341 e. The molecule has 0 aromatic heterocycles. The topological polar surface area (TPSA) is 66.8 Å². The van der Waals surface area contributed by atoms with Crippen molar-refractivity contribution in [1.29, 1.82) is 0 Å². The zero-order valence-corrected chi connectivity index (χ0v) is 15.4. The second-order valence-electron chi connectivity index (χ2n) is 6.37. The normalized spacial score (nSPS) is 10.9. The zero-order valence-electron chi connectivity index (χ0n) is 15.4. The molecule has 28 heavy (non-hydrogen) atoms. The first-order valence-electron chi connectivity index (χ1n) is 9.11. The minimum Gasteiger partial charge on any atom is -0.508 e. The fourth-order valence-electron chi connectivity index (χ4n) is 3.00. The number of para-hydroxylation sites is 1. The molecule has 3 aromatic rings. The quantitative estimate of drug-likeness (QED) is 0.571. The van der Waals surface area contributed by atoms with Crippen molar-refractivity contribution in [2.45, 2.75) is 12.8 Å². The van der Waals surface area contributed by atoms with Crippen molar-refractivity contribution in [3.63, 3.8) is 0 Å². The van der Waals surface area contributed by atoms with Gasteiger partial charge >= 0.3 is 5.97 Å². The highest BCUT2D eigenvalue weighted by molar-refractivity contribution is 5.69. The first-order chi connectivity index (χ1) is 13.6. The van der Waals surface area contributed by atoms with E-state index in [0.29, 0.717) is 5.75 Å². The highest BCUT2D eigenvalue weighted by Crippen LogP contribution is 2.26. The molecule has 0 heterocycles. The summed E-state index contributed by atoms with van der Waals surface area (Å²) in [6.07, 6.45) is 5.73. The van der Waals surface area contributed by atoms with Crippen LogP contribution in [-0.2, 0) is 11.2 Å². The van der Waals surface area contributed by atoms with Gasteiger partial charge in [0.2, 0.25) is 0 Å². The van der Waals surface area contributed by atoms with Crippen molar-refractivity contribution >= 4 is 12.0 Å². The Labute approximate surface area is 164 Å². The molecule has 0 unspecified atom stereocenters. The summed E-state index contributed by atoms with van der Waals surface area (Å²) in [5, 5.41) is 18.3. The van der Waals surface area contributed by atoms with Gasteiger partial charge in [0.1, 0.15) is 11.5 Å². The van der Waals surface area contributed by atoms with E-state index in [9.17, 15) is 9.90 Å². The zero-order chi connectivity index (χ0) is 19.8. The molecule has 0 bridgehead atoms. The van der Waals surface area contributed by atoms with Crippen LogP contribution in [0.2, 0.25) is 0 Å². The second kappa shape index (κ2) is 9.42. The van der Waals surface area contributed by atoms with Crippen LogP contribution in [0.5, 0.6) is 11.5 Å². The van der Waals surface area contributed by atoms with E-state index in [4.69, 9.17) is 9.84 Å². The predicted octanol–water partition coefficient (Wildman–Crippen LogP) is 5.17. The van der Waals surface area contributed by atoms with Gasteiger partial charge in [0.05, 0.1) is 0 Å². The van der Waals surface area contributed by atoms with Crippen LogP contribution in [0.4, 0.5) is 0 Å². The average molecular weight is 374 g/mol. The van der Waals surface area contributed by atoms with Crippen molar-refractivity contribution in [2.24, 2.45) is 0 Å². The molecule has 0 saturated carbocycles. The number of carboxylic acids is 1. The van der Waals surface area contributed by atoms with Gasteiger partial charge in [-0.2, -0.15) is 0 Å². The van der Waals surface area contributed by atoms with Crippen LogP contribution in [0.15, 0.2) is 78.9 Å². The number of allylic oxidation sites excluding steroid dienone is 1. The standard InChI is InChI=1S/C24H22O4/c25-21-15-13-19(14-16-21)22-11-5-3-8-18(22)7-1-2-9-20-10-4-6-12-23(20)28-17-24(26)27/h2-6,8-16,25H,1,7,17H2,(H,26,27)/b9-2-. The summed E-state index contributed by atoms with van der Waals surface area (Å²) in [5.41, 5.74) is 4.31. The van der Waals surface area contributed by atoms with Crippen molar-refractivity contribution < 1.29 is 19.7 Å². The Morgan fingerprint density at radius 3 is 2.43 bits per heavy atom. The van der Waals surface area contributed by atoms with E-state index >= 15 is 0 Å². The summed E-state index contributed by atoms with van der Waals surface area (Å²) in [6.45, 7) is -0.356. The molecular formula is C24H22O4. The Kier molecular flexibility index (Phi) is 6.47. The van der Waals surface area contributed by atoms with Gasteiger partial charge in [-0.05, 0) is 47.7 Å². The largest absolute Gasteiger partial charge is 0.508 e. The SMILES string of the molecule is O=C(O)COc1ccccc1/C=C\CCc1ccccc1-c1ccc(O)cc1. The molecular weight excluding hydrogens is 352 g/mol. The molecule has 0 spiro atoms. The Morgan fingerprint density at radius 1 is 0.929 bits per heavy atom. The third-order valence-corrected chi connectivity index (χ3v) is 4.34. The van der Waals surface area contributed by atoms with Crippen LogP contribution in [-0.4, -0.2) is 22.8 Å². The van der Waals surface area contributed by atoms with Gasteiger partial charge in [0, 0.05) is 5.56 Å². The van der Waals surface area contributed by atoms with E-state index < -0.39 is 5.97 Å². The third-order valence-electron chi connectivity index (χ3n) is 4.34. The van der Waals surface area contributed by atoms with Crippen LogP contribution < -0.4 is 4.74 Å². The lowest BCUT2D eigenvalue weighted by atomic mass is 9.96. The lowest BCUT2D eigenvalue weighted by Gasteiger charge is -2.09. The number of aryl methyl sites for hydroxylation is 1. The number of ether oxygens (including phenoxy) is 1. The highest BCUT2D eigenvalue weighted by atomic mass is 16.5. The van der Waals surface area contributed by atoms with Crippen LogP contribution in [0, 0.1) is 0 Å². The molecule has 3 aromatic carbocycles. The maximum atomic E-state index is 10.7. The molecule has 0 aliphatic heterocycles. The molecule has 0 atom stereocenters. The van der Waals surface area contributed by atoms with Gasteiger partial charge < -0.3 is 14.9 Å². The summed E-state index contributed by atoms with van der Waals surface area (Å²) >= 11 is 0. The molecule has 0 aliphatic rings. The maximum Gasteiger partial charge on any atom is 0.341 e. The van der Waals surface area contributed by atoms with Gasteiger partial charge in [0.25, 0.3) is 0 Å². The van der Waals surface area contributed by atoms with Gasteiger partial charge in [-0.3, -0.25) is 0 Å². The molecule has 0 radical (unpaired) electrons.